The maximum atomic E-state index is 12.4. The summed E-state index contributed by atoms with van der Waals surface area (Å²) in [6, 6.07) is 4.64. The van der Waals surface area contributed by atoms with E-state index in [0.717, 1.165) is 0 Å². The molecule has 0 unspecified atom stereocenters. The maximum absolute atomic E-state index is 12.4. The minimum atomic E-state index is -0.488. The SMILES string of the molecule is C[C@@H](CNc1ccc(C(=O)c2nccn2C)cc1[N+](=O)[O-])N(C)C. The maximum Gasteiger partial charge on any atom is 0.293 e. The van der Waals surface area contributed by atoms with E-state index in [1.54, 1.807) is 29.9 Å². The Labute approximate surface area is 140 Å². The molecule has 0 fully saturated rings. The normalized spacial score (nSPS) is 12.2. The van der Waals surface area contributed by atoms with Crippen molar-refractivity contribution in [3.63, 3.8) is 0 Å². The summed E-state index contributed by atoms with van der Waals surface area (Å²) in [5.41, 5.74) is 0.508. The molecule has 8 heteroatoms. The molecule has 1 N–H and O–H groups in total. The number of benzene rings is 1. The average molecular weight is 331 g/mol. The molecule has 0 radical (unpaired) electrons. The molecule has 0 saturated heterocycles. The number of carbonyl (C=O) groups is 1. The molecule has 0 amide bonds. The van der Waals surface area contributed by atoms with E-state index in [9.17, 15) is 14.9 Å². The number of anilines is 1. The fraction of sp³-hybridized carbons (Fsp3) is 0.375. The molecule has 1 aromatic carbocycles. The van der Waals surface area contributed by atoms with Gasteiger partial charge >= 0.3 is 0 Å². The molecule has 1 aromatic heterocycles. The number of aromatic nitrogens is 2. The highest BCUT2D eigenvalue weighted by atomic mass is 16.6. The van der Waals surface area contributed by atoms with Crippen LogP contribution in [0, 0.1) is 10.1 Å². The minimum absolute atomic E-state index is 0.124. The Morgan fingerprint density at radius 1 is 1.46 bits per heavy atom. The van der Waals surface area contributed by atoms with Crippen molar-refractivity contribution in [2.24, 2.45) is 7.05 Å². The summed E-state index contributed by atoms with van der Waals surface area (Å²) < 4.78 is 1.58. The van der Waals surface area contributed by atoms with Crippen molar-refractivity contribution >= 4 is 17.2 Å². The third-order valence-corrected chi connectivity index (χ3v) is 3.95. The van der Waals surface area contributed by atoms with Crippen molar-refractivity contribution in [1.82, 2.24) is 14.5 Å². The van der Waals surface area contributed by atoms with Crippen molar-refractivity contribution in [3.8, 4) is 0 Å². The third kappa shape index (κ3) is 3.77. The summed E-state index contributed by atoms with van der Waals surface area (Å²) in [5.74, 6) is -0.106. The van der Waals surface area contributed by atoms with Crippen molar-refractivity contribution in [2.45, 2.75) is 13.0 Å². The summed E-state index contributed by atoms with van der Waals surface area (Å²) in [6.07, 6.45) is 3.17. The van der Waals surface area contributed by atoms with E-state index in [-0.39, 0.29) is 28.9 Å². The molecule has 0 saturated carbocycles. The lowest BCUT2D eigenvalue weighted by Crippen LogP contribution is -2.31. The molecule has 0 aliphatic heterocycles. The van der Waals surface area contributed by atoms with Crippen LogP contribution in [0.1, 0.15) is 23.1 Å². The molecule has 1 heterocycles. The topological polar surface area (TPSA) is 93.3 Å². The van der Waals surface area contributed by atoms with E-state index in [1.165, 1.54) is 12.3 Å². The fourth-order valence-corrected chi connectivity index (χ4v) is 2.13. The number of nitro benzene ring substituents is 1. The highest BCUT2D eigenvalue weighted by Crippen LogP contribution is 2.26. The summed E-state index contributed by atoms with van der Waals surface area (Å²) in [7, 11) is 5.58. The van der Waals surface area contributed by atoms with Gasteiger partial charge in [0, 0.05) is 43.7 Å². The number of carbonyl (C=O) groups excluding carboxylic acids is 1. The fourth-order valence-electron chi connectivity index (χ4n) is 2.13. The number of nitro groups is 1. The molecule has 2 rings (SSSR count). The van der Waals surface area contributed by atoms with Gasteiger partial charge in [-0.25, -0.2) is 4.98 Å². The van der Waals surface area contributed by atoms with Gasteiger partial charge < -0.3 is 14.8 Å². The number of hydrogen-bond donors (Lipinski definition) is 1. The van der Waals surface area contributed by atoms with Gasteiger partial charge in [-0.15, -0.1) is 0 Å². The van der Waals surface area contributed by atoms with Crippen molar-refractivity contribution in [3.05, 3.63) is 52.1 Å². The molecular formula is C16H21N5O3. The van der Waals surface area contributed by atoms with Crippen molar-refractivity contribution < 1.29 is 9.72 Å². The van der Waals surface area contributed by atoms with Crippen LogP contribution >= 0.6 is 0 Å². The van der Waals surface area contributed by atoms with E-state index in [1.807, 2.05) is 25.9 Å². The number of imidazole rings is 1. The summed E-state index contributed by atoms with van der Waals surface area (Å²) >= 11 is 0. The van der Waals surface area contributed by atoms with E-state index in [0.29, 0.717) is 12.2 Å². The van der Waals surface area contributed by atoms with Crippen LogP contribution in [-0.4, -0.2) is 51.8 Å². The van der Waals surface area contributed by atoms with Crippen LogP contribution in [0.4, 0.5) is 11.4 Å². The predicted octanol–water partition coefficient (Wildman–Crippen LogP) is 1.92. The Kier molecular flexibility index (Phi) is 5.30. The zero-order chi connectivity index (χ0) is 17.9. The molecule has 0 bridgehead atoms. The number of nitrogens with zero attached hydrogens (tertiary/aromatic N) is 4. The quantitative estimate of drug-likeness (QED) is 0.473. The largest absolute Gasteiger partial charge is 0.378 e. The minimum Gasteiger partial charge on any atom is -0.378 e. The first-order valence-electron chi connectivity index (χ1n) is 7.52. The van der Waals surface area contributed by atoms with E-state index >= 15 is 0 Å². The second kappa shape index (κ2) is 7.22. The first kappa shape index (κ1) is 17.6. The molecule has 0 aliphatic carbocycles. The number of aryl methyl sites for hydroxylation is 1. The van der Waals surface area contributed by atoms with Gasteiger partial charge in [-0.3, -0.25) is 14.9 Å². The van der Waals surface area contributed by atoms with Crippen molar-refractivity contribution in [2.75, 3.05) is 26.0 Å². The molecule has 128 valence electrons. The van der Waals surface area contributed by atoms with Gasteiger partial charge in [-0.2, -0.15) is 0 Å². The Bertz CT molecular complexity index is 754. The predicted molar refractivity (Wildman–Crippen MR) is 91.4 cm³/mol. The Morgan fingerprint density at radius 2 is 2.17 bits per heavy atom. The van der Waals surface area contributed by atoms with Crippen LogP contribution in [-0.2, 0) is 7.05 Å². The third-order valence-electron chi connectivity index (χ3n) is 3.95. The Hall–Kier alpha value is -2.74. The molecule has 24 heavy (non-hydrogen) atoms. The first-order valence-corrected chi connectivity index (χ1v) is 7.52. The zero-order valence-corrected chi connectivity index (χ0v) is 14.2. The number of rotatable bonds is 7. The number of nitrogens with one attached hydrogen (secondary N) is 1. The van der Waals surface area contributed by atoms with Crippen LogP contribution in [0.15, 0.2) is 30.6 Å². The van der Waals surface area contributed by atoms with Crippen LogP contribution < -0.4 is 5.32 Å². The van der Waals surface area contributed by atoms with Gasteiger partial charge in [0.15, 0.2) is 5.82 Å². The molecular weight excluding hydrogens is 310 g/mol. The molecule has 8 nitrogen and oxygen atoms in total. The summed E-state index contributed by atoms with van der Waals surface area (Å²) in [4.78, 5) is 29.3. The van der Waals surface area contributed by atoms with Gasteiger partial charge in [0.2, 0.25) is 5.78 Å². The van der Waals surface area contributed by atoms with Gasteiger partial charge in [-0.05, 0) is 33.2 Å². The van der Waals surface area contributed by atoms with Crippen LogP contribution in [0.5, 0.6) is 0 Å². The summed E-state index contributed by atoms with van der Waals surface area (Å²) in [5, 5.41) is 14.4. The smallest absolute Gasteiger partial charge is 0.293 e. The van der Waals surface area contributed by atoms with E-state index in [4.69, 9.17) is 0 Å². The van der Waals surface area contributed by atoms with E-state index in [2.05, 4.69) is 10.3 Å². The number of hydrogen-bond acceptors (Lipinski definition) is 6. The first-order chi connectivity index (χ1) is 11.3. The standard InChI is InChI=1S/C16H21N5O3/c1-11(19(2)3)10-18-13-6-5-12(9-14(13)21(23)24)15(22)16-17-7-8-20(16)4/h5-9,11,18H,10H2,1-4H3/t11-/m0/s1. The molecule has 2 aromatic rings. The molecule has 0 spiro atoms. The monoisotopic (exact) mass is 331 g/mol. The highest BCUT2D eigenvalue weighted by Gasteiger charge is 2.20. The lowest BCUT2D eigenvalue weighted by Gasteiger charge is -2.20. The van der Waals surface area contributed by atoms with Crippen LogP contribution in [0.2, 0.25) is 0 Å². The van der Waals surface area contributed by atoms with Gasteiger partial charge in [0.1, 0.15) is 5.69 Å². The van der Waals surface area contributed by atoms with Crippen molar-refractivity contribution in [1.29, 1.82) is 0 Å². The Morgan fingerprint density at radius 3 is 2.71 bits per heavy atom. The zero-order valence-electron chi connectivity index (χ0n) is 14.2. The lowest BCUT2D eigenvalue weighted by atomic mass is 10.1. The van der Waals surface area contributed by atoms with Gasteiger partial charge in [0.05, 0.1) is 4.92 Å². The molecule has 1 atom stereocenters. The number of ketones is 1. The second-order valence-corrected chi connectivity index (χ2v) is 5.87. The molecule has 0 aliphatic rings. The highest BCUT2D eigenvalue weighted by molar-refractivity contribution is 6.07. The number of likely N-dealkylation sites (N-methyl/N-ethyl adjacent to an activating group) is 1. The van der Waals surface area contributed by atoms with Gasteiger partial charge in [0.25, 0.3) is 5.69 Å². The van der Waals surface area contributed by atoms with Gasteiger partial charge in [-0.1, -0.05) is 0 Å². The van der Waals surface area contributed by atoms with Crippen LogP contribution in [0.25, 0.3) is 0 Å². The van der Waals surface area contributed by atoms with Crippen LogP contribution in [0.3, 0.4) is 0 Å². The van der Waals surface area contributed by atoms with E-state index < -0.39 is 4.92 Å². The Balaban J connectivity index is 2.28. The lowest BCUT2D eigenvalue weighted by molar-refractivity contribution is -0.384. The summed E-state index contributed by atoms with van der Waals surface area (Å²) in [6.45, 7) is 2.57. The average Bonchev–Trinajstić information content (AvgIpc) is 2.97. The second-order valence-electron chi connectivity index (χ2n) is 5.87.